The quantitative estimate of drug-likeness (QED) is 0.735. The van der Waals surface area contributed by atoms with Gasteiger partial charge in [0, 0.05) is 30.3 Å². The van der Waals surface area contributed by atoms with Crippen molar-refractivity contribution in [1.82, 2.24) is 14.9 Å². The lowest BCUT2D eigenvalue weighted by Crippen LogP contribution is -2.32. The summed E-state index contributed by atoms with van der Waals surface area (Å²) in [6.45, 7) is 1.14. The van der Waals surface area contributed by atoms with Gasteiger partial charge in [-0.3, -0.25) is 4.79 Å². The molecule has 1 aliphatic rings. The van der Waals surface area contributed by atoms with Gasteiger partial charge < -0.3 is 14.4 Å². The molecule has 8 heteroatoms. The molecule has 6 nitrogen and oxygen atoms in total. The second-order valence-corrected chi connectivity index (χ2v) is 6.53. The SMILES string of the molecule is COc1nccnc1OC1CCN(C(=O)CSc2ccc(F)cc2)C1. The normalized spacial score (nSPS) is 16.7. The maximum atomic E-state index is 12.9. The molecule has 0 saturated carbocycles. The van der Waals surface area contributed by atoms with Crippen molar-refractivity contribution in [3.8, 4) is 11.8 Å². The molecule has 1 aliphatic heterocycles. The predicted molar refractivity (Wildman–Crippen MR) is 91.3 cm³/mol. The van der Waals surface area contributed by atoms with Crippen LogP contribution in [-0.4, -0.2) is 52.8 Å². The van der Waals surface area contributed by atoms with Gasteiger partial charge in [0.05, 0.1) is 19.4 Å². The predicted octanol–water partition coefficient (Wildman–Crippen LogP) is 2.40. The smallest absolute Gasteiger partial charge is 0.278 e. The number of benzene rings is 1. The second kappa shape index (κ2) is 8.15. The van der Waals surface area contributed by atoms with E-state index in [1.807, 2.05) is 0 Å². The van der Waals surface area contributed by atoms with Gasteiger partial charge in [0.15, 0.2) is 0 Å². The van der Waals surface area contributed by atoms with Crippen LogP contribution in [0.25, 0.3) is 0 Å². The lowest BCUT2D eigenvalue weighted by Gasteiger charge is -2.17. The average molecular weight is 363 g/mol. The zero-order valence-electron chi connectivity index (χ0n) is 13.7. The van der Waals surface area contributed by atoms with Crippen LogP contribution in [0.5, 0.6) is 11.8 Å². The summed E-state index contributed by atoms with van der Waals surface area (Å²) in [5, 5.41) is 0. The number of aromatic nitrogens is 2. The van der Waals surface area contributed by atoms with E-state index in [1.54, 1.807) is 17.0 Å². The summed E-state index contributed by atoms with van der Waals surface area (Å²) in [6.07, 6.45) is 3.66. The molecule has 0 aliphatic carbocycles. The van der Waals surface area contributed by atoms with Crippen LogP contribution in [0.2, 0.25) is 0 Å². The molecule has 1 unspecified atom stereocenters. The number of likely N-dealkylation sites (tertiary alicyclic amines) is 1. The Labute approximate surface area is 149 Å². The van der Waals surface area contributed by atoms with E-state index in [-0.39, 0.29) is 17.8 Å². The third-order valence-electron chi connectivity index (χ3n) is 3.78. The van der Waals surface area contributed by atoms with Gasteiger partial charge in [-0.2, -0.15) is 0 Å². The number of rotatable bonds is 6. The van der Waals surface area contributed by atoms with Crippen molar-refractivity contribution >= 4 is 17.7 Å². The first-order chi connectivity index (χ1) is 12.2. The Bertz CT molecular complexity index is 729. The molecular formula is C17H18FN3O3S. The van der Waals surface area contributed by atoms with E-state index in [4.69, 9.17) is 9.47 Å². The number of halogens is 1. The minimum absolute atomic E-state index is 0.0338. The average Bonchev–Trinajstić information content (AvgIpc) is 3.10. The van der Waals surface area contributed by atoms with Crippen molar-refractivity contribution in [2.45, 2.75) is 17.4 Å². The molecule has 0 radical (unpaired) electrons. The fourth-order valence-electron chi connectivity index (χ4n) is 2.51. The van der Waals surface area contributed by atoms with Gasteiger partial charge in [0.1, 0.15) is 11.9 Å². The highest BCUT2D eigenvalue weighted by atomic mass is 32.2. The second-order valence-electron chi connectivity index (χ2n) is 5.48. The summed E-state index contributed by atoms with van der Waals surface area (Å²) in [6, 6.07) is 6.12. The number of carbonyl (C=O) groups excluding carboxylic acids is 1. The van der Waals surface area contributed by atoms with Gasteiger partial charge in [-0.25, -0.2) is 14.4 Å². The minimum Gasteiger partial charge on any atom is -0.477 e. The maximum absolute atomic E-state index is 12.9. The number of amides is 1. The Kier molecular flexibility index (Phi) is 5.70. The number of hydrogen-bond donors (Lipinski definition) is 0. The Hall–Kier alpha value is -2.35. The number of carbonyl (C=O) groups is 1. The largest absolute Gasteiger partial charge is 0.477 e. The molecule has 1 aromatic heterocycles. The van der Waals surface area contributed by atoms with Gasteiger partial charge in [-0.05, 0) is 24.3 Å². The van der Waals surface area contributed by atoms with E-state index in [0.29, 0.717) is 30.6 Å². The lowest BCUT2D eigenvalue weighted by molar-refractivity contribution is -0.127. The van der Waals surface area contributed by atoms with Gasteiger partial charge in [-0.15, -0.1) is 11.8 Å². The van der Waals surface area contributed by atoms with Crippen LogP contribution in [0.4, 0.5) is 4.39 Å². The minimum atomic E-state index is -0.283. The lowest BCUT2D eigenvalue weighted by atomic mass is 10.3. The molecular weight excluding hydrogens is 345 g/mol. The highest BCUT2D eigenvalue weighted by molar-refractivity contribution is 8.00. The third kappa shape index (κ3) is 4.60. The molecule has 0 spiro atoms. The highest BCUT2D eigenvalue weighted by Crippen LogP contribution is 2.25. The zero-order valence-corrected chi connectivity index (χ0v) is 14.5. The Morgan fingerprint density at radius 3 is 2.72 bits per heavy atom. The molecule has 3 rings (SSSR count). The molecule has 0 bridgehead atoms. The summed E-state index contributed by atoms with van der Waals surface area (Å²) >= 11 is 1.39. The van der Waals surface area contributed by atoms with Crippen LogP contribution in [0.15, 0.2) is 41.6 Å². The topological polar surface area (TPSA) is 64.6 Å². The Morgan fingerprint density at radius 1 is 1.28 bits per heavy atom. The van der Waals surface area contributed by atoms with E-state index >= 15 is 0 Å². The molecule has 1 fully saturated rings. The first-order valence-corrected chi connectivity index (χ1v) is 8.82. The van der Waals surface area contributed by atoms with Crippen LogP contribution >= 0.6 is 11.8 Å². The number of thioether (sulfide) groups is 1. The van der Waals surface area contributed by atoms with Crippen LogP contribution in [0.3, 0.4) is 0 Å². The summed E-state index contributed by atoms with van der Waals surface area (Å²) in [5.41, 5.74) is 0. The number of ether oxygens (including phenoxy) is 2. The Balaban J connectivity index is 1.50. The van der Waals surface area contributed by atoms with Gasteiger partial charge in [0.2, 0.25) is 5.91 Å². The van der Waals surface area contributed by atoms with Crippen LogP contribution in [-0.2, 0) is 4.79 Å². The summed E-state index contributed by atoms with van der Waals surface area (Å²) in [5.74, 6) is 0.734. The first-order valence-electron chi connectivity index (χ1n) is 7.83. The molecule has 1 saturated heterocycles. The monoisotopic (exact) mass is 363 g/mol. The van der Waals surface area contributed by atoms with E-state index < -0.39 is 0 Å². The van der Waals surface area contributed by atoms with Crippen LogP contribution < -0.4 is 9.47 Å². The number of hydrogen-bond acceptors (Lipinski definition) is 6. The van der Waals surface area contributed by atoms with Crippen molar-refractivity contribution in [3.05, 3.63) is 42.5 Å². The molecule has 1 amide bonds. The van der Waals surface area contributed by atoms with Crippen LogP contribution in [0.1, 0.15) is 6.42 Å². The molecule has 0 N–H and O–H groups in total. The fourth-order valence-corrected chi connectivity index (χ4v) is 3.31. The molecule has 2 heterocycles. The van der Waals surface area contributed by atoms with Gasteiger partial charge in [-0.1, -0.05) is 0 Å². The standard InChI is InChI=1S/C17H18FN3O3S/c1-23-16-17(20-8-7-19-16)24-13-6-9-21(10-13)15(22)11-25-14-4-2-12(18)3-5-14/h2-5,7-8,13H,6,9-11H2,1H3. The van der Waals surface area contributed by atoms with Gasteiger partial charge in [0.25, 0.3) is 11.8 Å². The molecule has 25 heavy (non-hydrogen) atoms. The van der Waals surface area contributed by atoms with E-state index in [0.717, 1.165) is 11.3 Å². The van der Waals surface area contributed by atoms with Crippen molar-refractivity contribution in [3.63, 3.8) is 0 Å². The van der Waals surface area contributed by atoms with Crippen LogP contribution in [0, 0.1) is 5.82 Å². The summed E-state index contributed by atoms with van der Waals surface area (Å²) < 4.78 is 23.8. The van der Waals surface area contributed by atoms with Gasteiger partial charge >= 0.3 is 0 Å². The van der Waals surface area contributed by atoms with Crippen molar-refractivity contribution < 1.29 is 18.7 Å². The fraction of sp³-hybridized carbons (Fsp3) is 0.353. The summed E-state index contributed by atoms with van der Waals surface area (Å²) in [7, 11) is 1.51. The van der Waals surface area contributed by atoms with Crippen molar-refractivity contribution in [2.75, 3.05) is 26.0 Å². The third-order valence-corrected chi connectivity index (χ3v) is 4.78. The molecule has 1 aromatic carbocycles. The van der Waals surface area contributed by atoms with Crippen molar-refractivity contribution in [2.24, 2.45) is 0 Å². The highest BCUT2D eigenvalue weighted by Gasteiger charge is 2.28. The van der Waals surface area contributed by atoms with E-state index in [9.17, 15) is 9.18 Å². The summed E-state index contributed by atoms with van der Waals surface area (Å²) in [4.78, 5) is 23.1. The van der Waals surface area contributed by atoms with E-state index in [2.05, 4.69) is 9.97 Å². The number of methoxy groups -OCH3 is 1. The molecule has 2 aromatic rings. The molecule has 132 valence electrons. The number of nitrogens with zero attached hydrogens (tertiary/aromatic N) is 3. The Morgan fingerprint density at radius 2 is 2.00 bits per heavy atom. The van der Waals surface area contributed by atoms with E-state index in [1.165, 1.54) is 43.4 Å². The maximum Gasteiger partial charge on any atom is 0.278 e. The zero-order chi connectivity index (χ0) is 17.6. The van der Waals surface area contributed by atoms with Crippen molar-refractivity contribution in [1.29, 1.82) is 0 Å². The first kappa shape index (κ1) is 17.5. The molecule has 1 atom stereocenters.